The third kappa shape index (κ3) is 7.96. The predicted molar refractivity (Wildman–Crippen MR) is 103 cm³/mol. The first-order valence-corrected chi connectivity index (χ1v) is 8.29. The van der Waals surface area contributed by atoms with Gasteiger partial charge in [-0.3, -0.25) is 9.89 Å². The number of hydrogen-bond acceptors (Lipinski definition) is 4. The van der Waals surface area contributed by atoms with Crippen LogP contribution in [0.2, 0.25) is 0 Å². The highest BCUT2D eigenvalue weighted by Crippen LogP contribution is 2.18. The van der Waals surface area contributed by atoms with Crippen LogP contribution in [0.15, 0.2) is 27.8 Å². The van der Waals surface area contributed by atoms with Crippen molar-refractivity contribution in [2.75, 3.05) is 45.7 Å². The maximum absolute atomic E-state index is 5.49. The molecule has 2 N–H and O–H groups in total. The first-order valence-electron chi connectivity index (χ1n) is 6.90. The highest BCUT2D eigenvalue weighted by molar-refractivity contribution is 14.0. The summed E-state index contributed by atoms with van der Waals surface area (Å²) in [7, 11) is 4.08. The van der Waals surface area contributed by atoms with Crippen molar-refractivity contribution in [3.8, 4) is 0 Å². The standard InChI is InChI=1S/C14H26N4OS.HI/c1-5-15-14(16-8-10-20-4)17-11-12(18(2)3)13-7-6-9-19-13;/h6-7,9,12H,5,8,10-11H2,1-4H3,(H2,15,16,17);1H. The molecule has 21 heavy (non-hydrogen) atoms. The van der Waals surface area contributed by atoms with E-state index in [0.717, 1.165) is 30.6 Å². The topological polar surface area (TPSA) is 52.8 Å². The van der Waals surface area contributed by atoms with Crippen LogP contribution in [0.1, 0.15) is 18.7 Å². The number of nitrogens with zero attached hydrogens (tertiary/aromatic N) is 2. The van der Waals surface area contributed by atoms with Gasteiger partial charge in [0, 0.05) is 18.8 Å². The second-order valence-corrected chi connectivity index (χ2v) is 5.62. The molecule has 0 bridgehead atoms. The zero-order chi connectivity index (χ0) is 14.8. The molecule has 7 heteroatoms. The highest BCUT2D eigenvalue weighted by atomic mass is 127. The van der Waals surface area contributed by atoms with Gasteiger partial charge in [0.1, 0.15) is 5.76 Å². The average molecular weight is 426 g/mol. The number of halogens is 1. The first-order chi connectivity index (χ1) is 9.69. The summed E-state index contributed by atoms with van der Waals surface area (Å²) in [4.78, 5) is 6.77. The molecule has 122 valence electrons. The van der Waals surface area contributed by atoms with Gasteiger partial charge in [-0.25, -0.2) is 0 Å². The largest absolute Gasteiger partial charge is 0.468 e. The molecule has 0 amide bonds. The van der Waals surface area contributed by atoms with E-state index in [1.807, 2.05) is 38.0 Å². The fourth-order valence-electron chi connectivity index (χ4n) is 1.78. The van der Waals surface area contributed by atoms with E-state index in [0.29, 0.717) is 6.54 Å². The third-order valence-corrected chi connectivity index (χ3v) is 3.47. The van der Waals surface area contributed by atoms with Crippen molar-refractivity contribution in [1.82, 2.24) is 15.5 Å². The molecule has 0 aliphatic carbocycles. The molecule has 0 radical (unpaired) electrons. The van der Waals surface area contributed by atoms with Crippen molar-refractivity contribution in [1.29, 1.82) is 0 Å². The second kappa shape index (κ2) is 12.2. The molecule has 0 aliphatic rings. The fraction of sp³-hybridized carbons (Fsp3) is 0.643. The van der Waals surface area contributed by atoms with Gasteiger partial charge < -0.3 is 15.1 Å². The number of hydrogen-bond donors (Lipinski definition) is 2. The lowest BCUT2D eigenvalue weighted by molar-refractivity contribution is 0.265. The van der Waals surface area contributed by atoms with E-state index in [9.17, 15) is 0 Å². The summed E-state index contributed by atoms with van der Waals surface area (Å²) in [6.07, 6.45) is 3.81. The van der Waals surface area contributed by atoms with E-state index < -0.39 is 0 Å². The van der Waals surface area contributed by atoms with Crippen LogP contribution in [0.25, 0.3) is 0 Å². The Balaban J connectivity index is 0.00000400. The summed E-state index contributed by atoms with van der Waals surface area (Å²) >= 11 is 1.82. The Morgan fingerprint density at radius 3 is 2.71 bits per heavy atom. The monoisotopic (exact) mass is 426 g/mol. The molecule has 1 aromatic heterocycles. The van der Waals surface area contributed by atoms with Gasteiger partial charge in [0.15, 0.2) is 5.96 Å². The van der Waals surface area contributed by atoms with Crippen LogP contribution in [0, 0.1) is 0 Å². The van der Waals surface area contributed by atoms with E-state index >= 15 is 0 Å². The molecule has 0 fully saturated rings. The summed E-state index contributed by atoms with van der Waals surface area (Å²) in [5, 5.41) is 6.59. The molecule has 0 saturated carbocycles. The summed E-state index contributed by atoms with van der Waals surface area (Å²) < 4.78 is 5.49. The van der Waals surface area contributed by atoms with Gasteiger partial charge in [0.25, 0.3) is 0 Å². The van der Waals surface area contributed by atoms with Crippen molar-refractivity contribution < 1.29 is 4.42 Å². The first kappa shape index (κ1) is 20.6. The Hall–Kier alpha value is -0.410. The Bertz CT molecular complexity index is 384. The minimum Gasteiger partial charge on any atom is -0.468 e. The Morgan fingerprint density at radius 1 is 1.43 bits per heavy atom. The van der Waals surface area contributed by atoms with Gasteiger partial charge >= 0.3 is 0 Å². The lowest BCUT2D eigenvalue weighted by Crippen LogP contribution is -2.39. The van der Waals surface area contributed by atoms with Crippen LogP contribution in [-0.2, 0) is 0 Å². The van der Waals surface area contributed by atoms with Gasteiger partial charge in [-0.05, 0) is 39.4 Å². The van der Waals surface area contributed by atoms with Crippen LogP contribution in [0.4, 0.5) is 0 Å². The summed E-state index contributed by atoms with van der Waals surface area (Å²) in [5.74, 6) is 2.87. The third-order valence-electron chi connectivity index (χ3n) is 2.86. The van der Waals surface area contributed by atoms with Crippen molar-refractivity contribution >= 4 is 41.7 Å². The number of nitrogens with one attached hydrogen (secondary N) is 2. The summed E-state index contributed by atoms with van der Waals surface area (Å²) in [6, 6.07) is 4.06. The summed E-state index contributed by atoms with van der Waals surface area (Å²) in [6.45, 7) is 4.51. The van der Waals surface area contributed by atoms with E-state index in [4.69, 9.17) is 4.42 Å². The van der Waals surface area contributed by atoms with Crippen molar-refractivity contribution in [3.05, 3.63) is 24.2 Å². The zero-order valence-electron chi connectivity index (χ0n) is 13.3. The lowest BCUT2D eigenvalue weighted by Gasteiger charge is -2.21. The maximum Gasteiger partial charge on any atom is 0.191 e. The lowest BCUT2D eigenvalue weighted by atomic mass is 10.2. The number of aliphatic imine (C=N–C) groups is 1. The van der Waals surface area contributed by atoms with Crippen LogP contribution < -0.4 is 10.6 Å². The normalized spacial score (nSPS) is 12.9. The van der Waals surface area contributed by atoms with Gasteiger partial charge in [-0.1, -0.05) is 0 Å². The maximum atomic E-state index is 5.49. The molecule has 1 aromatic rings. The van der Waals surface area contributed by atoms with Gasteiger partial charge in [0.05, 0.1) is 18.8 Å². The highest BCUT2D eigenvalue weighted by Gasteiger charge is 2.16. The molecule has 0 aliphatic heterocycles. The van der Waals surface area contributed by atoms with Crippen LogP contribution >= 0.6 is 35.7 Å². The van der Waals surface area contributed by atoms with Gasteiger partial charge in [-0.2, -0.15) is 11.8 Å². The Morgan fingerprint density at radius 2 is 2.19 bits per heavy atom. The van der Waals surface area contributed by atoms with E-state index in [1.165, 1.54) is 0 Å². The SMILES string of the molecule is CCNC(=NCC(c1ccco1)N(C)C)NCCSC.I. The number of furan rings is 1. The van der Waals surface area contributed by atoms with Crippen molar-refractivity contribution in [2.45, 2.75) is 13.0 Å². The second-order valence-electron chi connectivity index (χ2n) is 4.63. The van der Waals surface area contributed by atoms with Crippen molar-refractivity contribution in [3.63, 3.8) is 0 Å². The summed E-state index contributed by atoms with van der Waals surface area (Å²) in [5.41, 5.74) is 0. The zero-order valence-corrected chi connectivity index (χ0v) is 16.4. The molecule has 0 saturated heterocycles. The minimum atomic E-state index is 0. The average Bonchev–Trinajstić information content (AvgIpc) is 2.92. The molecule has 1 rings (SSSR count). The van der Waals surface area contributed by atoms with Gasteiger partial charge in [-0.15, -0.1) is 24.0 Å². The molecule has 1 heterocycles. The molecule has 0 spiro atoms. The quantitative estimate of drug-likeness (QED) is 0.290. The number of likely N-dealkylation sites (N-methyl/N-ethyl adjacent to an activating group) is 1. The molecule has 1 unspecified atom stereocenters. The number of thioether (sulfide) groups is 1. The van der Waals surface area contributed by atoms with E-state index in [2.05, 4.69) is 33.7 Å². The number of rotatable bonds is 8. The smallest absolute Gasteiger partial charge is 0.191 e. The van der Waals surface area contributed by atoms with Crippen LogP contribution in [0.3, 0.4) is 0 Å². The predicted octanol–water partition coefficient (Wildman–Crippen LogP) is 2.42. The van der Waals surface area contributed by atoms with Crippen LogP contribution in [-0.4, -0.2) is 56.6 Å². The minimum absolute atomic E-state index is 0. The molecule has 0 aromatic carbocycles. The molecular formula is C14H27IN4OS. The van der Waals surface area contributed by atoms with Crippen molar-refractivity contribution in [2.24, 2.45) is 4.99 Å². The van der Waals surface area contributed by atoms with E-state index in [1.54, 1.807) is 6.26 Å². The Labute approximate surface area is 149 Å². The molecular weight excluding hydrogens is 399 g/mol. The Kier molecular flexibility index (Phi) is 11.9. The van der Waals surface area contributed by atoms with E-state index in [-0.39, 0.29) is 30.0 Å². The number of guanidine groups is 1. The fourth-order valence-corrected chi connectivity index (χ4v) is 2.09. The van der Waals surface area contributed by atoms with Crippen LogP contribution in [0.5, 0.6) is 0 Å². The molecule has 5 nitrogen and oxygen atoms in total. The van der Waals surface area contributed by atoms with Gasteiger partial charge in [0.2, 0.25) is 0 Å². The molecule has 1 atom stereocenters.